The summed E-state index contributed by atoms with van der Waals surface area (Å²) in [7, 11) is 0. The van der Waals surface area contributed by atoms with E-state index in [1.165, 1.54) is 0 Å². The van der Waals surface area contributed by atoms with E-state index in [9.17, 15) is 0 Å². The lowest BCUT2D eigenvalue weighted by atomic mass is 10.0. The molecule has 1 radical (unpaired) electrons. The van der Waals surface area contributed by atoms with E-state index in [0.717, 1.165) is 12.8 Å². The van der Waals surface area contributed by atoms with Crippen LogP contribution in [0.2, 0.25) is 0 Å². The topological polar surface area (TPSA) is 52.0 Å². The highest BCUT2D eigenvalue weighted by atomic mass is 14.7. The molecule has 0 heterocycles. The van der Waals surface area contributed by atoms with Gasteiger partial charge in [-0.3, -0.25) is 0 Å². The number of nitrogens with two attached hydrogens (primary N) is 2. The van der Waals surface area contributed by atoms with Crippen LogP contribution in [-0.2, 0) is 0 Å². The van der Waals surface area contributed by atoms with Gasteiger partial charge in [-0.15, -0.1) is 0 Å². The van der Waals surface area contributed by atoms with E-state index >= 15 is 0 Å². The minimum absolute atomic E-state index is 0.0597. The van der Waals surface area contributed by atoms with Crippen LogP contribution >= 0.6 is 0 Å². The van der Waals surface area contributed by atoms with Gasteiger partial charge in [0.2, 0.25) is 0 Å². The van der Waals surface area contributed by atoms with E-state index in [4.69, 9.17) is 11.5 Å². The van der Waals surface area contributed by atoms with Crippen molar-refractivity contribution in [2.75, 3.05) is 0 Å². The molecule has 0 aromatic rings. The molecule has 0 atom stereocenters. The molecule has 8 heavy (non-hydrogen) atoms. The van der Waals surface area contributed by atoms with Crippen LogP contribution in [0.15, 0.2) is 0 Å². The Labute approximate surface area is 51.2 Å². The molecule has 0 aromatic heterocycles. The van der Waals surface area contributed by atoms with Crippen molar-refractivity contribution in [2.24, 2.45) is 11.5 Å². The van der Waals surface area contributed by atoms with E-state index in [2.05, 4.69) is 0 Å². The molecular formula is C6H15N2. The molecule has 0 aliphatic carbocycles. The Bertz CT molecular complexity index is 54.0. The molecule has 49 valence electrons. The van der Waals surface area contributed by atoms with Crippen LogP contribution in [0.25, 0.3) is 0 Å². The highest BCUT2D eigenvalue weighted by Crippen LogP contribution is 2.05. The highest BCUT2D eigenvalue weighted by Gasteiger charge is 2.07. The van der Waals surface area contributed by atoms with Crippen molar-refractivity contribution in [1.82, 2.24) is 0 Å². The zero-order valence-electron chi connectivity index (χ0n) is 5.65. The van der Waals surface area contributed by atoms with E-state index < -0.39 is 0 Å². The van der Waals surface area contributed by atoms with Crippen LogP contribution in [-0.4, -0.2) is 5.54 Å². The third-order valence-electron chi connectivity index (χ3n) is 0.955. The van der Waals surface area contributed by atoms with Crippen LogP contribution < -0.4 is 11.5 Å². The average molecular weight is 115 g/mol. The first-order chi connectivity index (χ1) is 3.56. The van der Waals surface area contributed by atoms with Gasteiger partial charge in [-0.05, 0) is 26.7 Å². The van der Waals surface area contributed by atoms with Crippen LogP contribution in [0.1, 0.15) is 26.7 Å². The summed E-state index contributed by atoms with van der Waals surface area (Å²) < 4.78 is 0. The van der Waals surface area contributed by atoms with Crippen molar-refractivity contribution >= 4 is 0 Å². The predicted octanol–water partition coefficient (Wildman–Crippen LogP) is 0.624. The van der Waals surface area contributed by atoms with Gasteiger partial charge in [-0.25, -0.2) is 0 Å². The van der Waals surface area contributed by atoms with E-state index in [1.807, 2.05) is 13.8 Å². The van der Waals surface area contributed by atoms with Crippen molar-refractivity contribution in [2.45, 2.75) is 32.2 Å². The molecule has 0 saturated heterocycles. The molecule has 2 heteroatoms. The highest BCUT2D eigenvalue weighted by molar-refractivity contribution is 4.73. The first-order valence-electron chi connectivity index (χ1n) is 2.88. The summed E-state index contributed by atoms with van der Waals surface area (Å²) in [6.45, 7) is 5.64. The van der Waals surface area contributed by atoms with E-state index in [-0.39, 0.29) is 5.54 Å². The van der Waals surface area contributed by atoms with Crippen LogP contribution in [0.3, 0.4) is 0 Å². The third-order valence-corrected chi connectivity index (χ3v) is 0.955. The van der Waals surface area contributed by atoms with Gasteiger partial charge in [-0.1, -0.05) is 0 Å². The molecule has 0 fully saturated rings. The molecule has 0 aliphatic heterocycles. The smallest absolute Gasteiger partial charge is 0.0192 e. The maximum absolute atomic E-state index is 5.65. The Morgan fingerprint density at radius 2 is 2.00 bits per heavy atom. The summed E-state index contributed by atoms with van der Waals surface area (Å²) in [4.78, 5) is 0. The summed E-state index contributed by atoms with van der Waals surface area (Å²) >= 11 is 0. The zero-order chi connectivity index (χ0) is 6.62. The third kappa shape index (κ3) is 5.92. The van der Waals surface area contributed by atoms with Gasteiger partial charge in [0, 0.05) is 12.1 Å². The van der Waals surface area contributed by atoms with Gasteiger partial charge >= 0.3 is 0 Å². The first-order valence-corrected chi connectivity index (χ1v) is 2.88. The number of hydrogen-bond donors (Lipinski definition) is 2. The number of rotatable bonds is 3. The summed E-state index contributed by atoms with van der Waals surface area (Å²) in [6.07, 6.45) is 1.87. The Hall–Kier alpha value is -0.0800. The Morgan fingerprint density at radius 1 is 1.50 bits per heavy atom. The summed E-state index contributed by atoms with van der Waals surface area (Å²) in [6, 6.07) is 0. The second-order valence-electron chi connectivity index (χ2n) is 2.76. The van der Waals surface area contributed by atoms with E-state index in [0.29, 0.717) is 0 Å². The second kappa shape index (κ2) is 3.05. The standard InChI is InChI=1S/C6H15N2/c1-6(2,8)4-3-5-7/h5H,3-4,7-8H2,1-2H3. The molecule has 4 N–H and O–H groups in total. The fourth-order valence-corrected chi connectivity index (χ4v) is 0.455. The van der Waals surface area contributed by atoms with E-state index in [1.54, 1.807) is 6.54 Å². The van der Waals surface area contributed by atoms with Gasteiger partial charge in [-0.2, -0.15) is 0 Å². The molecule has 0 unspecified atom stereocenters. The largest absolute Gasteiger partial charge is 0.326 e. The Morgan fingerprint density at radius 3 is 2.12 bits per heavy atom. The van der Waals surface area contributed by atoms with Crippen molar-refractivity contribution in [3.8, 4) is 0 Å². The van der Waals surface area contributed by atoms with Crippen LogP contribution in [0, 0.1) is 6.54 Å². The zero-order valence-corrected chi connectivity index (χ0v) is 5.65. The molecular weight excluding hydrogens is 100 g/mol. The van der Waals surface area contributed by atoms with Crippen LogP contribution in [0.4, 0.5) is 0 Å². The average Bonchev–Trinajstić information content (AvgIpc) is 1.59. The van der Waals surface area contributed by atoms with Crippen molar-refractivity contribution < 1.29 is 0 Å². The SMILES string of the molecule is CC(C)(N)CC[CH]N. The maximum Gasteiger partial charge on any atom is 0.0192 e. The van der Waals surface area contributed by atoms with Gasteiger partial charge in [0.05, 0.1) is 0 Å². The fourth-order valence-electron chi connectivity index (χ4n) is 0.455. The molecule has 2 nitrogen and oxygen atoms in total. The summed E-state index contributed by atoms with van der Waals surface area (Å²) in [5.41, 5.74) is 10.7. The lowest BCUT2D eigenvalue weighted by Crippen LogP contribution is -2.31. The van der Waals surface area contributed by atoms with Crippen molar-refractivity contribution in [1.29, 1.82) is 0 Å². The second-order valence-corrected chi connectivity index (χ2v) is 2.76. The van der Waals surface area contributed by atoms with Crippen molar-refractivity contribution in [3.63, 3.8) is 0 Å². The first kappa shape index (κ1) is 7.92. The molecule has 0 aliphatic rings. The van der Waals surface area contributed by atoms with Gasteiger partial charge in [0.25, 0.3) is 0 Å². The van der Waals surface area contributed by atoms with Gasteiger partial charge in [0.1, 0.15) is 0 Å². The van der Waals surface area contributed by atoms with Gasteiger partial charge in [0.15, 0.2) is 0 Å². The lowest BCUT2D eigenvalue weighted by molar-refractivity contribution is 0.473. The number of hydrogen-bond acceptors (Lipinski definition) is 2. The normalized spacial score (nSPS) is 12.0. The monoisotopic (exact) mass is 115 g/mol. The molecule has 0 spiro atoms. The molecule has 0 saturated carbocycles. The lowest BCUT2D eigenvalue weighted by Gasteiger charge is -2.16. The molecule has 0 rings (SSSR count). The molecule has 0 amide bonds. The van der Waals surface area contributed by atoms with Crippen LogP contribution in [0.5, 0.6) is 0 Å². The predicted molar refractivity (Wildman–Crippen MR) is 36.0 cm³/mol. The fraction of sp³-hybridized carbons (Fsp3) is 0.833. The minimum Gasteiger partial charge on any atom is -0.326 e. The van der Waals surface area contributed by atoms with Gasteiger partial charge < -0.3 is 11.5 Å². The Balaban J connectivity index is 3.11. The van der Waals surface area contributed by atoms with Crippen molar-refractivity contribution in [3.05, 3.63) is 6.54 Å². The molecule has 0 bridgehead atoms. The minimum atomic E-state index is -0.0597. The quantitative estimate of drug-likeness (QED) is 0.566. The summed E-state index contributed by atoms with van der Waals surface area (Å²) in [5.74, 6) is 0. The molecule has 0 aromatic carbocycles. The summed E-state index contributed by atoms with van der Waals surface area (Å²) in [5, 5.41) is 0. The Kier molecular flexibility index (Phi) is 3.02. The maximum atomic E-state index is 5.65.